The third-order valence-corrected chi connectivity index (χ3v) is 3.49. The van der Waals surface area contributed by atoms with Crippen LogP contribution in [0.3, 0.4) is 0 Å². The van der Waals surface area contributed by atoms with Crippen molar-refractivity contribution in [2.75, 3.05) is 19.6 Å². The Hall–Kier alpha value is -1.59. The van der Waals surface area contributed by atoms with Crippen LogP contribution in [0.1, 0.15) is 24.2 Å². The molecule has 0 bridgehead atoms. The van der Waals surface area contributed by atoms with Crippen molar-refractivity contribution in [1.82, 2.24) is 10.2 Å². The standard InChI is InChI=1S/C15H19ClN2O3/c1-10-8-18(9-11(2)21-10)14(19)7-17-15(20)12-4-3-5-13(16)6-12/h3-6,10-11H,7-9H2,1-2H3,(H,17,20)/t10-,11+. The third kappa shape index (κ3) is 4.44. The Morgan fingerprint density at radius 2 is 2.00 bits per heavy atom. The van der Waals surface area contributed by atoms with Gasteiger partial charge in [0.1, 0.15) is 0 Å². The van der Waals surface area contributed by atoms with Crippen LogP contribution in [0, 0.1) is 0 Å². The molecule has 0 saturated carbocycles. The number of amides is 2. The summed E-state index contributed by atoms with van der Waals surface area (Å²) in [4.78, 5) is 25.8. The monoisotopic (exact) mass is 310 g/mol. The van der Waals surface area contributed by atoms with Gasteiger partial charge in [-0.15, -0.1) is 0 Å². The number of rotatable bonds is 3. The van der Waals surface area contributed by atoms with E-state index in [-0.39, 0.29) is 30.6 Å². The number of ether oxygens (including phenoxy) is 1. The lowest BCUT2D eigenvalue weighted by molar-refractivity contribution is -0.142. The molecular weight excluding hydrogens is 292 g/mol. The Balaban J connectivity index is 1.87. The Morgan fingerprint density at radius 1 is 1.33 bits per heavy atom. The van der Waals surface area contributed by atoms with Gasteiger partial charge in [0.2, 0.25) is 5.91 Å². The minimum atomic E-state index is -0.305. The topological polar surface area (TPSA) is 58.6 Å². The molecule has 0 aliphatic carbocycles. The van der Waals surface area contributed by atoms with Gasteiger partial charge in [-0.1, -0.05) is 17.7 Å². The van der Waals surface area contributed by atoms with E-state index in [1.807, 2.05) is 13.8 Å². The number of nitrogens with zero attached hydrogens (tertiary/aromatic N) is 1. The molecule has 0 spiro atoms. The maximum atomic E-state index is 12.1. The van der Waals surface area contributed by atoms with Gasteiger partial charge in [0.05, 0.1) is 18.8 Å². The molecule has 1 aromatic rings. The first-order valence-electron chi connectivity index (χ1n) is 6.92. The van der Waals surface area contributed by atoms with Crippen molar-refractivity contribution in [3.05, 3.63) is 34.9 Å². The zero-order valence-electron chi connectivity index (χ0n) is 12.1. The number of hydrogen-bond donors (Lipinski definition) is 1. The van der Waals surface area contributed by atoms with Crippen molar-refractivity contribution < 1.29 is 14.3 Å². The Morgan fingerprint density at radius 3 is 2.62 bits per heavy atom. The molecule has 114 valence electrons. The van der Waals surface area contributed by atoms with Crippen molar-refractivity contribution in [2.24, 2.45) is 0 Å². The normalized spacial score (nSPS) is 22.0. The number of halogens is 1. The number of morpholine rings is 1. The fourth-order valence-electron chi connectivity index (χ4n) is 2.38. The fourth-order valence-corrected chi connectivity index (χ4v) is 2.57. The van der Waals surface area contributed by atoms with Crippen LogP contribution >= 0.6 is 11.6 Å². The lowest BCUT2D eigenvalue weighted by atomic mass is 10.2. The zero-order valence-corrected chi connectivity index (χ0v) is 12.9. The lowest BCUT2D eigenvalue weighted by Gasteiger charge is -2.35. The molecule has 6 heteroatoms. The number of carbonyl (C=O) groups is 2. The van der Waals surface area contributed by atoms with Crippen LogP contribution in [0.2, 0.25) is 5.02 Å². The lowest BCUT2D eigenvalue weighted by Crippen LogP contribution is -2.51. The van der Waals surface area contributed by atoms with Crippen LogP contribution in [-0.4, -0.2) is 48.6 Å². The van der Waals surface area contributed by atoms with Crippen LogP contribution in [-0.2, 0) is 9.53 Å². The van der Waals surface area contributed by atoms with Gasteiger partial charge in [0.15, 0.2) is 0 Å². The van der Waals surface area contributed by atoms with Gasteiger partial charge in [-0.3, -0.25) is 9.59 Å². The molecule has 0 unspecified atom stereocenters. The summed E-state index contributed by atoms with van der Waals surface area (Å²) in [5.41, 5.74) is 0.444. The highest BCUT2D eigenvalue weighted by molar-refractivity contribution is 6.30. The van der Waals surface area contributed by atoms with Crippen molar-refractivity contribution in [3.63, 3.8) is 0 Å². The highest BCUT2D eigenvalue weighted by Gasteiger charge is 2.25. The van der Waals surface area contributed by atoms with Crippen LogP contribution < -0.4 is 5.32 Å². The maximum absolute atomic E-state index is 12.1. The van der Waals surface area contributed by atoms with Crippen LogP contribution in [0.25, 0.3) is 0 Å². The molecule has 21 heavy (non-hydrogen) atoms. The van der Waals surface area contributed by atoms with Gasteiger partial charge in [-0.25, -0.2) is 0 Å². The molecule has 0 aromatic heterocycles. The molecule has 1 heterocycles. The summed E-state index contributed by atoms with van der Waals surface area (Å²) in [5, 5.41) is 3.11. The average Bonchev–Trinajstić information content (AvgIpc) is 2.43. The van der Waals surface area contributed by atoms with E-state index in [0.717, 1.165) is 0 Å². The largest absolute Gasteiger partial charge is 0.372 e. The van der Waals surface area contributed by atoms with Crippen molar-refractivity contribution in [2.45, 2.75) is 26.1 Å². The van der Waals surface area contributed by atoms with E-state index in [0.29, 0.717) is 23.7 Å². The van der Waals surface area contributed by atoms with Gasteiger partial charge in [-0.2, -0.15) is 0 Å². The van der Waals surface area contributed by atoms with Gasteiger partial charge in [0, 0.05) is 23.7 Å². The second-order valence-electron chi connectivity index (χ2n) is 5.25. The number of nitrogens with one attached hydrogen (secondary N) is 1. The SMILES string of the molecule is C[C@@H]1CN(C(=O)CNC(=O)c2cccc(Cl)c2)C[C@H](C)O1. The molecule has 1 aliphatic heterocycles. The highest BCUT2D eigenvalue weighted by atomic mass is 35.5. The number of benzene rings is 1. The van der Waals surface area contributed by atoms with Gasteiger partial charge >= 0.3 is 0 Å². The maximum Gasteiger partial charge on any atom is 0.251 e. The first kappa shape index (κ1) is 15.8. The van der Waals surface area contributed by atoms with E-state index in [2.05, 4.69) is 5.32 Å². The summed E-state index contributed by atoms with van der Waals surface area (Å²) in [5.74, 6) is -0.410. The summed E-state index contributed by atoms with van der Waals surface area (Å²) >= 11 is 5.84. The fraction of sp³-hybridized carbons (Fsp3) is 0.467. The summed E-state index contributed by atoms with van der Waals surface area (Å²) in [6.07, 6.45) is 0.0302. The second-order valence-corrected chi connectivity index (χ2v) is 5.69. The Bertz CT molecular complexity index is 525. The highest BCUT2D eigenvalue weighted by Crippen LogP contribution is 2.11. The third-order valence-electron chi connectivity index (χ3n) is 3.26. The molecule has 1 fully saturated rings. The predicted octanol–water partition coefficient (Wildman–Crippen LogP) is 1.71. The molecule has 2 rings (SSSR count). The van der Waals surface area contributed by atoms with E-state index < -0.39 is 0 Å². The molecule has 1 aliphatic rings. The molecule has 2 amide bonds. The quantitative estimate of drug-likeness (QED) is 0.924. The first-order valence-corrected chi connectivity index (χ1v) is 7.30. The summed E-state index contributed by atoms with van der Waals surface area (Å²) in [6, 6.07) is 6.62. The molecule has 0 radical (unpaired) electrons. The molecule has 5 nitrogen and oxygen atoms in total. The number of carbonyl (C=O) groups excluding carboxylic acids is 2. The Kier molecular flexibility index (Phi) is 5.20. The van der Waals surface area contributed by atoms with Crippen LogP contribution in [0.15, 0.2) is 24.3 Å². The van der Waals surface area contributed by atoms with E-state index in [1.54, 1.807) is 29.2 Å². The summed E-state index contributed by atoms with van der Waals surface area (Å²) in [6.45, 7) is 4.94. The van der Waals surface area contributed by atoms with E-state index in [9.17, 15) is 9.59 Å². The smallest absolute Gasteiger partial charge is 0.251 e. The predicted molar refractivity (Wildman–Crippen MR) is 80.4 cm³/mol. The summed E-state index contributed by atoms with van der Waals surface area (Å²) < 4.78 is 5.58. The molecule has 1 saturated heterocycles. The minimum absolute atomic E-state index is 0.0151. The average molecular weight is 311 g/mol. The van der Waals surface area contributed by atoms with E-state index >= 15 is 0 Å². The van der Waals surface area contributed by atoms with Crippen LogP contribution in [0.4, 0.5) is 0 Å². The van der Waals surface area contributed by atoms with Crippen molar-refractivity contribution >= 4 is 23.4 Å². The van der Waals surface area contributed by atoms with Gasteiger partial charge in [0.25, 0.3) is 5.91 Å². The van der Waals surface area contributed by atoms with E-state index in [4.69, 9.17) is 16.3 Å². The second kappa shape index (κ2) is 6.91. The zero-order chi connectivity index (χ0) is 15.4. The Labute approximate surface area is 129 Å². The summed E-state index contributed by atoms with van der Waals surface area (Å²) in [7, 11) is 0. The van der Waals surface area contributed by atoms with Crippen LogP contribution in [0.5, 0.6) is 0 Å². The van der Waals surface area contributed by atoms with Crippen molar-refractivity contribution in [3.8, 4) is 0 Å². The van der Waals surface area contributed by atoms with E-state index in [1.165, 1.54) is 0 Å². The van der Waals surface area contributed by atoms with Gasteiger partial charge in [-0.05, 0) is 32.0 Å². The minimum Gasteiger partial charge on any atom is -0.372 e. The number of hydrogen-bond acceptors (Lipinski definition) is 3. The first-order chi connectivity index (χ1) is 9.95. The van der Waals surface area contributed by atoms with Crippen molar-refractivity contribution in [1.29, 1.82) is 0 Å². The van der Waals surface area contributed by atoms with Gasteiger partial charge < -0.3 is 15.0 Å². The molecule has 1 aromatic carbocycles. The molecule has 1 N–H and O–H groups in total. The molecular formula is C15H19ClN2O3. The molecule has 2 atom stereocenters.